The maximum atomic E-state index is 12.9. The molecule has 3 saturated carbocycles. The summed E-state index contributed by atoms with van der Waals surface area (Å²) in [5.74, 6) is 1.39. The molecule has 8 heteroatoms. The Morgan fingerprint density at radius 1 is 1.18 bits per heavy atom. The van der Waals surface area contributed by atoms with Crippen molar-refractivity contribution >= 4 is 34.3 Å². The number of carbonyl (C=O) groups is 1. The summed E-state index contributed by atoms with van der Waals surface area (Å²) < 4.78 is 2.20. The monoisotopic (exact) mass is 445 g/mol. The first-order valence-electron chi connectivity index (χ1n) is 11.9. The van der Waals surface area contributed by atoms with Crippen LogP contribution in [0, 0.1) is 12.8 Å². The number of aryl methyl sites for hydroxylation is 1. The third-order valence-electron chi connectivity index (χ3n) is 7.56. The third-order valence-corrected chi connectivity index (χ3v) is 7.56. The predicted octanol–water partition coefficient (Wildman–Crippen LogP) is 3.10. The van der Waals surface area contributed by atoms with E-state index in [4.69, 9.17) is 4.98 Å². The molecule has 3 aliphatic carbocycles. The molecule has 7 rings (SSSR count). The zero-order chi connectivity index (χ0) is 22.7. The Balaban J connectivity index is 1.33. The van der Waals surface area contributed by atoms with Gasteiger partial charge in [0, 0.05) is 68.8 Å². The van der Waals surface area contributed by atoms with Crippen molar-refractivity contribution in [2.24, 2.45) is 5.92 Å². The topological polar surface area (TPSA) is 78.3 Å². The van der Waals surface area contributed by atoms with Crippen LogP contribution < -0.4 is 15.5 Å². The van der Waals surface area contributed by atoms with E-state index >= 15 is 0 Å². The van der Waals surface area contributed by atoms with Gasteiger partial charge in [-0.15, -0.1) is 0 Å². The third kappa shape index (κ3) is 3.27. The van der Waals surface area contributed by atoms with E-state index in [0.717, 1.165) is 73.8 Å². The molecular weight excluding hydrogens is 414 g/mol. The number of nitrogens with one attached hydrogen (secondary N) is 2. The van der Waals surface area contributed by atoms with Crippen molar-refractivity contribution < 1.29 is 4.79 Å². The number of hydrogen-bond acceptors (Lipinski definition) is 6. The van der Waals surface area contributed by atoms with E-state index in [2.05, 4.69) is 50.2 Å². The van der Waals surface area contributed by atoms with Crippen LogP contribution in [0.2, 0.25) is 0 Å². The molecule has 3 heterocycles. The van der Waals surface area contributed by atoms with E-state index in [1.165, 1.54) is 11.3 Å². The summed E-state index contributed by atoms with van der Waals surface area (Å²) in [7, 11) is 3.61. The number of aromatic nitrogens is 3. The first-order chi connectivity index (χ1) is 15.9. The standard InChI is InChI=1S/C25H31N7O/c1-16-10-19(4-5-20(16)31-8-6-26-7-9-31)28-24-27-15-18-11-21(23(33)30(2)3)32(22(18)29-24)25-12-17(13-25)14-25/h4-5,10-11,15,17,26H,6-9,12-14H2,1-3H3,(H,27,28,29). The van der Waals surface area contributed by atoms with Crippen LogP contribution in [0.1, 0.15) is 35.3 Å². The molecule has 4 aliphatic rings. The smallest absolute Gasteiger partial charge is 0.270 e. The van der Waals surface area contributed by atoms with E-state index in [9.17, 15) is 4.79 Å². The summed E-state index contributed by atoms with van der Waals surface area (Å²) in [5, 5.41) is 7.72. The molecule has 2 bridgehead atoms. The molecule has 3 aromatic rings. The van der Waals surface area contributed by atoms with E-state index in [-0.39, 0.29) is 11.4 Å². The number of amides is 1. The number of benzene rings is 1. The predicted molar refractivity (Wildman–Crippen MR) is 130 cm³/mol. The lowest BCUT2D eigenvalue weighted by Gasteiger charge is -2.62. The fourth-order valence-corrected chi connectivity index (χ4v) is 5.75. The van der Waals surface area contributed by atoms with Gasteiger partial charge < -0.3 is 25.0 Å². The van der Waals surface area contributed by atoms with Gasteiger partial charge in [0.15, 0.2) is 0 Å². The lowest BCUT2D eigenvalue weighted by Crippen LogP contribution is -2.60. The molecule has 2 aromatic heterocycles. The van der Waals surface area contributed by atoms with Crippen LogP contribution in [-0.2, 0) is 5.54 Å². The number of piperazine rings is 1. The molecule has 0 radical (unpaired) electrons. The summed E-state index contributed by atoms with van der Waals surface area (Å²) in [6, 6.07) is 8.39. The highest BCUT2D eigenvalue weighted by molar-refractivity contribution is 5.98. The highest BCUT2D eigenvalue weighted by atomic mass is 16.2. The SMILES string of the molecule is Cc1cc(Nc2ncc3cc(C(=O)N(C)C)n(C45CC(C4)C5)c3n2)ccc1N1CCNCC1. The fourth-order valence-electron chi connectivity index (χ4n) is 5.75. The van der Waals surface area contributed by atoms with Gasteiger partial charge in [0.05, 0.1) is 0 Å². The van der Waals surface area contributed by atoms with Gasteiger partial charge in [-0.05, 0) is 61.9 Å². The van der Waals surface area contributed by atoms with Gasteiger partial charge in [0.25, 0.3) is 5.91 Å². The van der Waals surface area contributed by atoms with Crippen molar-refractivity contribution in [2.75, 3.05) is 50.5 Å². The van der Waals surface area contributed by atoms with Gasteiger partial charge in [0.2, 0.25) is 5.95 Å². The average molecular weight is 446 g/mol. The number of nitrogens with zero attached hydrogens (tertiary/aromatic N) is 5. The van der Waals surface area contributed by atoms with Gasteiger partial charge in [-0.25, -0.2) is 4.98 Å². The molecule has 0 spiro atoms. The van der Waals surface area contributed by atoms with E-state index in [1.807, 2.05) is 12.3 Å². The van der Waals surface area contributed by atoms with Gasteiger partial charge in [-0.3, -0.25) is 4.79 Å². The van der Waals surface area contributed by atoms with E-state index in [0.29, 0.717) is 5.95 Å². The molecule has 8 nitrogen and oxygen atoms in total. The minimum atomic E-state index is 0.0198. The molecule has 1 aliphatic heterocycles. The van der Waals surface area contributed by atoms with Crippen LogP contribution in [0.5, 0.6) is 0 Å². The Morgan fingerprint density at radius 3 is 2.58 bits per heavy atom. The largest absolute Gasteiger partial charge is 0.369 e. The summed E-state index contributed by atoms with van der Waals surface area (Å²) in [4.78, 5) is 26.5. The van der Waals surface area contributed by atoms with Crippen molar-refractivity contribution in [1.29, 1.82) is 0 Å². The maximum Gasteiger partial charge on any atom is 0.270 e. The Labute approximate surface area is 194 Å². The lowest BCUT2D eigenvalue weighted by molar-refractivity contribution is -0.0870. The van der Waals surface area contributed by atoms with Crippen molar-refractivity contribution in [3.8, 4) is 0 Å². The zero-order valence-corrected chi connectivity index (χ0v) is 19.6. The molecule has 0 atom stereocenters. The normalized spacial score (nSPS) is 23.7. The first kappa shape index (κ1) is 20.5. The average Bonchev–Trinajstić information content (AvgIpc) is 3.10. The van der Waals surface area contributed by atoms with Crippen molar-refractivity contribution in [3.05, 3.63) is 41.7 Å². The number of rotatable bonds is 5. The van der Waals surface area contributed by atoms with E-state index < -0.39 is 0 Å². The van der Waals surface area contributed by atoms with Crippen LogP contribution in [0.25, 0.3) is 11.0 Å². The summed E-state index contributed by atoms with van der Waals surface area (Å²) >= 11 is 0. The molecule has 1 saturated heterocycles. The zero-order valence-electron chi connectivity index (χ0n) is 19.6. The molecule has 172 valence electrons. The van der Waals surface area contributed by atoms with Gasteiger partial charge in [-0.2, -0.15) is 4.98 Å². The Bertz CT molecular complexity index is 1220. The maximum absolute atomic E-state index is 12.9. The fraction of sp³-hybridized carbons (Fsp3) is 0.480. The summed E-state index contributed by atoms with van der Waals surface area (Å²) in [6.45, 7) is 6.25. The number of anilines is 3. The number of carbonyl (C=O) groups excluding carboxylic acids is 1. The van der Waals surface area contributed by atoms with Crippen LogP contribution >= 0.6 is 0 Å². The highest BCUT2D eigenvalue weighted by Gasteiger charge is 2.59. The molecule has 1 aromatic carbocycles. The summed E-state index contributed by atoms with van der Waals surface area (Å²) in [5.41, 5.74) is 5.11. The van der Waals surface area contributed by atoms with Crippen LogP contribution in [-0.4, -0.2) is 65.6 Å². The minimum absolute atomic E-state index is 0.0198. The van der Waals surface area contributed by atoms with Gasteiger partial charge in [0.1, 0.15) is 11.3 Å². The minimum Gasteiger partial charge on any atom is -0.369 e. The second-order valence-electron chi connectivity index (χ2n) is 10.1. The Kier molecular flexibility index (Phi) is 4.62. The van der Waals surface area contributed by atoms with Gasteiger partial charge in [-0.1, -0.05) is 0 Å². The van der Waals surface area contributed by atoms with Gasteiger partial charge >= 0.3 is 0 Å². The number of fused-ring (bicyclic) bond motifs is 1. The molecule has 2 N–H and O–H groups in total. The highest BCUT2D eigenvalue weighted by Crippen LogP contribution is 2.63. The molecule has 4 fully saturated rings. The van der Waals surface area contributed by atoms with Crippen molar-refractivity contribution in [3.63, 3.8) is 0 Å². The molecule has 33 heavy (non-hydrogen) atoms. The van der Waals surface area contributed by atoms with Crippen LogP contribution in [0.15, 0.2) is 30.5 Å². The Morgan fingerprint density at radius 2 is 1.94 bits per heavy atom. The molecule has 0 unspecified atom stereocenters. The van der Waals surface area contributed by atoms with Crippen LogP contribution in [0.3, 0.4) is 0 Å². The second kappa shape index (κ2) is 7.45. The van der Waals surface area contributed by atoms with E-state index in [1.54, 1.807) is 19.0 Å². The first-order valence-corrected chi connectivity index (χ1v) is 11.9. The van der Waals surface area contributed by atoms with Crippen LogP contribution in [0.4, 0.5) is 17.3 Å². The quantitative estimate of drug-likeness (QED) is 0.628. The summed E-state index contributed by atoms with van der Waals surface area (Å²) in [6.07, 6.45) is 5.26. The lowest BCUT2D eigenvalue weighted by atomic mass is 9.49. The number of hydrogen-bond donors (Lipinski definition) is 2. The second-order valence-corrected chi connectivity index (χ2v) is 10.1. The van der Waals surface area contributed by atoms with Crippen molar-refractivity contribution in [2.45, 2.75) is 31.7 Å². The Hall–Kier alpha value is -3.13. The molecular formula is C25H31N7O. The molecule has 1 amide bonds. The van der Waals surface area contributed by atoms with Crippen molar-refractivity contribution in [1.82, 2.24) is 24.8 Å².